The molecule has 1 fully saturated rings. The summed E-state index contributed by atoms with van der Waals surface area (Å²) < 4.78 is 0.449. The topological polar surface area (TPSA) is 58.1 Å². The smallest absolute Gasteiger partial charge is 0.237 e. The van der Waals surface area contributed by atoms with Gasteiger partial charge in [0.05, 0.1) is 12.6 Å². The van der Waals surface area contributed by atoms with E-state index in [1.807, 2.05) is 6.92 Å². The number of hydrogen-bond acceptors (Lipinski definition) is 5. The molecule has 1 amide bonds. The van der Waals surface area contributed by atoms with Crippen LogP contribution in [-0.2, 0) is 11.3 Å². The van der Waals surface area contributed by atoms with E-state index in [9.17, 15) is 4.79 Å². The van der Waals surface area contributed by atoms with Gasteiger partial charge in [0.1, 0.15) is 5.01 Å². The van der Waals surface area contributed by atoms with Crippen LogP contribution >= 0.6 is 22.9 Å². The Hall–Kier alpha value is -0.720. The van der Waals surface area contributed by atoms with Gasteiger partial charge in [0.2, 0.25) is 10.4 Å². The Bertz CT molecular complexity index is 383. The van der Waals surface area contributed by atoms with Crippen LogP contribution < -0.4 is 5.32 Å². The number of nitrogens with zero attached hydrogens (tertiary/aromatic N) is 3. The van der Waals surface area contributed by atoms with Crippen molar-refractivity contribution >= 4 is 28.8 Å². The van der Waals surface area contributed by atoms with E-state index in [1.165, 1.54) is 11.3 Å². The Morgan fingerprint density at radius 1 is 1.62 bits per heavy atom. The third-order valence-corrected chi connectivity index (χ3v) is 3.61. The van der Waals surface area contributed by atoms with Crippen molar-refractivity contribution < 1.29 is 4.79 Å². The fraction of sp³-hybridized carbons (Fsp3) is 0.667. The van der Waals surface area contributed by atoms with E-state index in [2.05, 4.69) is 20.4 Å². The molecule has 0 saturated carbocycles. The van der Waals surface area contributed by atoms with Crippen molar-refractivity contribution in [1.29, 1.82) is 0 Å². The molecule has 5 nitrogen and oxygen atoms in total. The molecule has 0 aliphatic carbocycles. The summed E-state index contributed by atoms with van der Waals surface area (Å²) in [7, 11) is 0. The van der Waals surface area contributed by atoms with Crippen molar-refractivity contribution in [3.63, 3.8) is 0 Å². The van der Waals surface area contributed by atoms with E-state index in [0.717, 1.165) is 18.0 Å². The number of nitrogens with one attached hydrogen (secondary N) is 1. The summed E-state index contributed by atoms with van der Waals surface area (Å²) in [5.41, 5.74) is 0. The fourth-order valence-electron chi connectivity index (χ4n) is 1.87. The molecule has 1 aromatic rings. The average Bonchev–Trinajstić information content (AvgIpc) is 2.64. The first-order valence-corrected chi connectivity index (χ1v) is 6.39. The number of carbonyl (C=O) groups excluding carboxylic acids is 1. The maximum Gasteiger partial charge on any atom is 0.237 e. The Morgan fingerprint density at radius 3 is 3.06 bits per heavy atom. The molecule has 16 heavy (non-hydrogen) atoms. The first-order chi connectivity index (χ1) is 7.70. The maximum absolute atomic E-state index is 11.6. The van der Waals surface area contributed by atoms with Gasteiger partial charge in [-0.2, -0.15) is 0 Å². The van der Waals surface area contributed by atoms with Crippen LogP contribution in [0.25, 0.3) is 0 Å². The first-order valence-electron chi connectivity index (χ1n) is 5.20. The van der Waals surface area contributed by atoms with Crippen LogP contribution in [0.3, 0.4) is 0 Å². The van der Waals surface area contributed by atoms with Gasteiger partial charge in [-0.25, -0.2) is 0 Å². The molecule has 1 N–H and O–H groups in total. The first kappa shape index (κ1) is 11.8. The summed E-state index contributed by atoms with van der Waals surface area (Å²) in [6.45, 7) is 4.20. The van der Waals surface area contributed by atoms with Crippen molar-refractivity contribution in [3.8, 4) is 0 Å². The molecule has 1 unspecified atom stereocenters. The lowest BCUT2D eigenvalue weighted by atomic mass is 10.1. The summed E-state index contributed by atoms with van der Waals surface area (Å²) in [4.78, 5) is 13.7. The van der Waals surface area contributed by atoms with Gasteiger partial charge in [-0.3, -0.25) is 9.69 Å². The number of rotatable bonds is 3. The highest BCUT2D eigenvalue weighted by Crippen LogP contribution is 2.19. The van der Waals surface area contributed by atoms with Gasteiger partial charge in [-0.1, -0.05) is 18.3 Å². The second-order valence-corrected chi connectivity index (χ2v) is 5.28. The molecule has 1 saturated heterocycles. The highest BCUT2D eigenvalue weighted by molar-refractivity contribution is 7.15. The highest BCUT2D eigenvalue weighted by atomic mass is 35.5. The molecule has 1 aliphatic heterocycles. The van der Waals surface area contributed by atoms with Gasteiger partial charge in [-0.15, -0.1) is 10.2 Å². The zero-order valence-electron chi connectivity index (χ0n) is 8.94. The molecule has 0 aromatic carbocycles. The number of carbonyl (C=O) groups is 1. The number of hydrogen-bond donors (Lipinski definition) is 1. The minimum atomic E-state index is -0.0589. The molecule has 2 heterocycles. The van der Waals surface area contributed by atoms with E-state index in [0.29, 0.717) is 17.6 Å². The number of halogens is 1. The van der Waals surface area contributed by atoms with Gasteiger partial charge >= 0.3 is 0 Å². The van der Waals surface area contributed by atoms with Gasteiger partial charge in [0, 0.05) is 13.1 Å². The molecule has 1 atom stereocenters. The fourth-order valence-corrected chi connectivity index (χ4v) is 2.76. The Morgan fingerprint density at radius 2 is 2.44 bits per heavy atom. The molecule has 2 rings (SSSR count). The Kier molecular flexibility index (Phi) is 3.73. The van der Waals surface area contributed by atoms with Crippen molar-refractivity contribution in [1.82, 2.24) is 20.4 Å². The summed E-state index contributed by atoms with van der Waals surface area (Å²) >= 11 is 7.09. The van der Waals surface area contributed by atoms with Crippen molar-refractivity contribution in [2.24, 2.45) is 0 Å². The van der Waals surface area contributed by atoms with E-state index in [4.69, 9.17) is 11.6 Å². The van der Waals surface area contributed by atoms with E-state index < -0.39 is 0 Å². The van der Waals surface area contributed by atoms with Crippen molar-refractivity contribution in [3.05, 3.63) is 9.47 Å². The lowest BCUT2D eigenvalue weighted by molar-refractivity contribution is -0.129. The van der Waals surface area contributed by atoms with Crippen LogP contribution in [0, 0.1) is 0 Å². The molecule has 7 heteroatoms. The summed E-state index contributed by atoms with van der Waals surface area (Å²) in [6.07, 6.45) is 0.804. The van der Waals surface area contributed by atoms with Crippen LogP contribution in [0.15, 0.2) is 0 Å². The normalized spacial score (nSPS) is 22.1. The van der Waals surface area contributed by atoms with Crippen LogP contribution in [0.5, 0.6) is 0 Å². The lowest BCUT2D eigenvalue weighted by Gasteiger charge is -2.33. The number of amides is 1. The largest absolute Gasteiger partial charge is 0.353 e. The average molecular weight is 261 g/mol. The predicted molar refractivity (Wildman–Crippen MR) is 62.4 cm³/mol. The molecular formula is C9H13ClN4OS. The summed E-state index contributed by atoms with van der Waals surface area (Å²) in [5.74, 6) is 0.101. The maximum atomic E-state index is 11.6. The van der Waals surface area contributed by atoms with Gasteiger partial charge in [-0.05, 0) is 18.0 Å². The molecule has 0 bridgehead atoms. The van der Waals surface area contributed by atoms with E-state index >= 15 is 0 Å². The van der Waals surface area contributed by atoms with Crippen LogP contribution in [0.1, 0.15) is 18.4 Å². The quantitative estimate of drug-likeness (QED) is 0.877. The lowest BCUT2D eigenvalue weighted by Crippen LogP contribution is -2.54. The SMILES string of the molecule is CCC1C(=O)NCCN1Cc1nnc(Cl)s1. The Balaban J connectivity index is 2.04. The Labute approximate surface area is 103 Å². The third-order valence-electron chi connectivity index (χ3n) is 2.61. The van der Waals surface area contributed by atoms with Crippen molar-refractivity contribution in [2.75, 3.05) is 13.1 Å². The van der Waals surface area contributed by atoms with E-state index in [-0.39, 0.29) is 11.9 Å². The molecular weight excluding hydrogens is 248 g/mol. The van der Waals surface area contributed by atoms with Crippen LogP contribution in [0.2, 0.25) is 4.47 Å². The standard InChI is InChI=1S/C9H13ClN4OS/c1-2-6-8(15)11-3-4-14(6)5-7-12-13-9(10)16-7/h6H,2-5H2,1H3,(H,11,15). The molecule has 1 aromatic heterocycles. The van der Waals surface area contributed by atoms with Gasteiger partial charge in [0.15, 0.2) is 0 Å². The minimum Gasteiger partial charge on any atom is -0.353 e. The molecule has 0 radical (unpaired) electrons. The van der Waals surface area contributed by atoms with Crippen LogP contribution in [-0.4, -0.2) is 40.1 Å². The summed E-state index contributed by atoms with van der Waals surface area (Å²) in [5, 5.41) is 11.4. The number of piperazine rings is 1. The zero-order chi connectivity index (χ0) is 11.5. The molecule has 88 valence electrons. The second-order valence-electron chi connectivity index (χ2n) is 3.63. The van der Waals surface area contributed by atoms with Crippen LogP contribution in [0.4, 0.5) is 0 Å². The summed E-state index contributed by atoms with van der Waals surface area (Å²) in [6, 6.07) is -0.0589. The van der Waals surface area contributed by atoms with Gasteiger partial charge < -0.3 is 5.32 Å². The highest BCUT2D eigenvalue weighted by Gasteiger charge is 2.28. The third kappa shape index (κ3) is 2.50. The predicted octanol–water partition coefficient (Wildman–Crippen LogP) is 0.902. The monoisotopic (exact) mass is 260 g/mol. The second kappa shape index (κ2) is 5.07. The van der Waals surface area contributed by atoms with E-state index in [1.54, 1.807) is 0 Å². The molecule has 0 spiro atoms. The minimum absolute atomic E-state index is 0.0589. The van der Waals surface area contributed by atoms with Gasteiger partial charge in [0.25, 0.3) is 0 Å². The molecule has 1 aliphatic rings. The number of aromatic nitrogens is 2. The van der Waals surface area contributed by atoms with Crippen molar-refractivity contribution in [2.45, 2.75) is 25.9 Å². The zero-order valence-corrected chi connectivity index (χ0v) is 10.5.